The van der Waals surface area contributed by atoms with Gasteiger partial charge in [0.05, 0.1) is 18.7 Å². The number of rotatable bonds is 4. The Balaban J connectivity index is 1.89. The Morgan fingerprint density at radius 2 is 2.35 bits per heavy atom. The van der Waals surface area contributed by atoms with Gasteiger partial charge in [0, 0.05) is 16.1 Å². The number of carbonyl (C=O) groups excluding carboxylic acids is 1. The summed E-state index contributed by atoms with van der Waals surface area (Å²) >= 11 is 1.65. The van der Waals surface area contributed by atoms with Gasteiger partial charge in [-0.2, -0.15) is 5.10 Å². The number of aromatic nitrogens is 2. The first kappa shape index (κ1) is 11.9. The van der Waals surface area contributed by atoms with Crippen LogP contribution in [0.1, 0.15) is 21.8 Å². The number of aryl methyl sites for hydroxylation is 2. The summed E-state index contributed by atoms with van der Waals surface area (Å²) in [6, 6.07) is 4.00. The third-order valence-electron chi connectivity index (χ3n) is 2.66. The summed E-state index contributed by atoms with van der Waals surface area (Å²) in [5.74, 6) is 0.0333. The van der Waals surface area contributed by atoms with E-state index in [0.717, 1.165) is 17.0 Å². The Morgan fingerprint density at radius 1 is 1.53 bits per heavy atom. The largest absolute Gasteiger partial charge is 0.351 e. The van der Waals surface area contributed by atoms with Gasteiger partial charge in [-0.1, -0.05) is 6.07 Å². The predicted octanol–water partition coefficient (Wildman–Crippen LogP) is 1.95. The summed E-state index contributed by atoms with van der Waals surface area (Å²) < 4.78 is 0. The highest BCUT2D eigenvalue weighted by Crippen LogP contribution is 2.11. The molecule has 17 heavy (non-hydrogen) atoms. The molecule has 1 amide bonds. The first-order chi connectivity index (χ1) is 8.16. The van der Waals surface area contributed by atoms with Gasteiger partial charge >= 0.3 is 0 Å². The van der Waals surface area contributed by atoms with Crippen LogP contribution < -0.4 is 5.32 Å². The van der Waals surface area contributed by atoms with Crippen LogP contribution in [-0.2, 0) is 17.8 Å². The molecular formula is C12H15N3OS. The first-order valence-electron chi connectivity index (χ1n) is 5.46. The first-order valence-corrected chi connectivity index (χ1v) is 6.34. The van der Waals surface area contributed by atoms with E-state index in [4.69, 9.17) is 0 Å². The van der Waals surface area contributed by atoms with Crippen LogP contribution in [0.5, 0.6) is 0 Å². The van der Waals surface area contributed by atoms with Crippen molar-refractivity contribution in [3.63, 3.8) is 0 Å². The Labute approximate surface area is 104 Å². The molecule has 2 N–H and O–H groups in total. The molecule has 2 aromatic heterocycles. The number of nitrogens with zero attached hydrogens (tertiary/aromatic N) is 1. The zero-order valence-electron chi connectivity index (χ0n) is 9.91. The zero-order chi connectivity index (χ0) is 12.3. The highest BCUT2D eigenvalue weighted by Gasteiger charge is 2.11. The summed E-state index contributed by atoms with van der Waals surface area (Å²) in [4.78, 5) is 12.9. The number of thiophene rings is 1. The highest BCUT2D eigenvalue weighted by atomic mass is 32.1. The molecule has 0 saturated heterocycles. The highest BCUT2D eigenvalue weighted by molar-refractivity contribution is 7.09. The van der Waals surface area contributed by atoms with E-state index in [1.54, 1.807) is 11.3 Å². The average Bonchev–Trinajstić information content (AvgIpc) is 2.91. The molecule has 2 rings (SSSR count). The minimum absolute atomic E-state index is 0.0333. The number of hydrogen-bond donors (Lipinski definition) is 2. The van der Waals surface area contributed by atoms with Crippen molar-refractivity contribution in [2.24, 2.45) is 0 Å². The van der Waals surface area contributed by atoms with Gasteiger partial charge in [0.25, 0.3) is 0 Å². The number of carbonyl (C=O) groups is 1. The van der Waals surface area contributed by atoms with Crippen molar-refractivity contribution in [2.75, 3.05) is 0 Å². The molecule has 4 nitrogen and oxygen atoms in total. The molecule has 0 aromatic carbocycles. The lowest BCUT2D eigenvalue weighted by atomic mass is 10.1. The maximum Gasteiger partial charge on any atom is 0.224 e. The van der Waals surface area contributed by atoms with E-state index in [0.29, 0.717) is 13.0 Å². The second-order valence-electron chi connectivity index (χ2n) is 3.95. The van der Waals surface area contributed by atoms with Gasteiger partial charge in [0.1, 0.15) is 0 Å². The molecule has 0 fully saturated rings. The number of nitrogens with one attached hydrogen (secondary N) is 2. The van der Waals surface area contributed by atoms with E-state index in [1.165, 1.54) is 4.88 Å². The average molecular weight is 249 g/mol. The molecule has 90 valence electrons. The number of aromatic amines is 1. The fourth-order valence-electron chi connectivity index (χ4n) is 1.66. The maximum absolute atomic E-state index is 11.8. The van der Waals surface area contributed by atoms with Crippen molar-refractivity contribution in [3.05, 3.63) is 39.3 Å². The summed E-state index contributed by atoms with van der Waals surface area (Å²) in [6.07, 6.45) is 0.388. The Hall–Kier alpha value is -1.62. The van der Waals surface area contributed by atoms with Gasteiger partial charge in [-0.05, 0) is 25.3 Å². The van der Waals surface area contributed by atoms with Crippen molar-refractivity contribution in [2.45, 2.75) is 26.8 Å². The number of hydrogen-bond acceptors (Lipinski definition) is 3. The fraction of sp³-hybridized carbons (Fsp3) is 0.333. The third-order valence-corrected chi connectivity index (χ3v) is 3.53. The lowest BCUT2D eigenvalue weighted by molar-refractivity contribution is -0.120. The van der Waals surface area contributed by atoms with E-state index < -0.39 is 0 Å². The Bertz CT molecular complexity index is 482. The summed E-state index contributed by atoms with van der Waals surface area (Å²) in [5, 5.41) is 11.9. The van der Waals surface area contributed by atoms with E-state index >= 15 is 0 Å². The molecule has 0 spiro atoms. The topological polar surface area (TPSA) is 57.8 Å². The molecule has 0 bridgehead atoms. The number of H-pyrrole nitrogens is 1. The maximum atomic E-state index is 11.8. The van der Waals surface area contributed by atoms with E-state index in [1.807, 2.05) is 31.4 Å². The smallest absolute Gasteiger partial charge is 0.224 e. The lowest BCUT2D eigenvalue weighted by Gasteiger charge is -2.03. The quantitative estimate of drug-likeness (QED) is 0.870. The monoisotopic (exact) mass is 249 g/mol. The minimum atomic E-state index is 0.0333. The second kappa shape index (κ2) is 5.14. The van der Waals surface area contributed by atoms with Crippen LogP contribution in [0.15, 0.2) is 17.5 Å². The number of amides is 1. The molecular weight excluding hydrogens is 234 g/mol. The van der Waals surface area contributed by atoms with Crippen LogP contribution in [0, 0.1) is 13.8 Å². The molecule has 5 heteroatoms. The lowest BCUT2D eigenvalue weighted by Crippen LogP contribution is -2.24. The molecule has 0 saturated carbocycles. The van der Waals surface area contributed by atoms with Crippen molar-refractivity contribution in [1.82, 2.24) is 15.5 Å². The molecule has 0 unspecified atom stereocenters. The van der Waals surface area contributed by atoms with Crippen molar-refractivity contribution in [1.29, 1.82) is 0 Å². The van der Waals surface area contributed by atoms with Crippen LogP contribution in [0.25, 0.3) is 0 Å². The van der Waals surface area contributed by atoms with Crippen LogP contribution >= 0.6 is 11.3 Å². The van der Waals surface area contributed by atoms with Gasteiger partial charge < -0.3 is 5.32 Å². The second-order valence-corrected chi connectivity index (χ2v) is 4.98. The van der Waals surface area contributed by atoms with Gasteiger partial charge in [-0.15, -0.1) is 11.3 Å². The van der Waals surface area contributed by atoms with Gasteiger partial charge in [-0.3, -0.25) is 9.89 Å². The molecule has 0 aliphatic carbocycles. The summed E-state index contributed by atoms with van der Waals surface area (Å²) in [6.45, 7) is 4.44. The van der Waals surface area contributed by atoms with Gasteiger partial charge in [-0.25, -0.2) is 0 Å². The van der Waals surface area contributed by atoms with E-state index in [2.05, 4.69) is 15.5 Å². The van der Waals surface area contributed by atoms with Gasteiger partial charge in [0.2, 0.25) is 5.91 Å². The molecule has 2 heterocycles. The fourth-order valence-corrected chi connectivity index (χ4v) is 2.30. The van der Waals surface area contributed by atoms with Crippen molar-refractivity contribution in [3.8, 4) is 0 Å². The Morgan fingerprint density at radius 3 is 2.94 bits per heavy atom. The Kier molecular flexibility index (Phi) is 3.58. The van der Waals surface area contributed by atoms with Gasteiger partial charge in [0.15, 0.2) is 0 Å². The molecule has 2 aromatic rings. The van der Waals surface area contributed by atoms with Crippen LogP contribution in [0.4, 0.5) is 0 Å². The molecule has 0 aliphatic heterocycles. The van der Waals surface area contributed by atoms with Crippen molar-refractivity contribution >= 4 is 17.2 Å². The normalized spacial score (nSPS) is 10.5. The predicted molar refractivity (Wildman–Crippen MR) is 67.9 cm³/mol. The standard InChI is InChI=1S/C12H15N3OS/c1-8-11(9(2)15-14-8)6-12(16)13-7-10-4-3-5-17-10/h3-5H,6-7H2,1-2H3,(H,13,16)(H,14,15). The summed E-state index contributed by atoms with van der Waals surface area (Å²) in [7, 11) is 0. The molecule has 0 atom stereocenters. The van der Waals surface area contributed by atoms with E-state index in [9.17, 15) is 4.79 Å². The molecule has 0 radical (unpaired) electrons. The van der Waals surface area contributed by atoms with E-state index in [-0.39, 0.29) is 5.91 Å². The zero-order valence-corrected chi connectivity index (χ0v) is 10.7. The summed E-state index contributed by atoms with van der Waals surface area (Å²) in [5.41, 5.74) is 2.86. The third kappa shape index (κ3) is 2.94. The molecule has 0 aliphatic rings. The van der Waals surface area contributed by atoms with Crippen LogP contribution in [-0.4, -0.2) is 16.1 Å². The van der Waals surface area contributed by atoms with Crippen molar-refractivity contribution < 1.29 is 4.79 Å². The van der Waals surface area contributed by atoms with Crippen LogP contribution in [0.3, 0.4) is 0 Å². The minimum Gasteiger partial charge on any atom is -0.351 e. The SMILES string of the molecule is Cc1n[nH]c(C)c1CC(=O)NCc1cccs1. The van der Waals surface area contributed by atoms with Crippen LogP contribution in [0.2, 0.25) is 0 Å².